The van der Waals surface area contributed by atoms with Crippen LogP contribution in [0.2, 0.25) is 5.02 Å². The van der Waals surface area contributed by atoms with E-state index in [-0.39, 0.29) is 18.4 Å². The highest BCUT2D eigenvalue weighted by Gasteiger charge is 2.51. The summed E-state index contributed by atoms with van der Waals surface area (Å²) in [5.74, 6) is -0.873. The monoisotopic (exact) mass is 371 g/mol. The van der Waals surface area contributed by atoms with Crippen LogP contribution in [0.15, 0.2) is 54.6 Å². The average Bonchev–Trinajstić information content (AvgIpc) is 3.43. The minimum atomic E-state index is -0.851. The molecular weight excluding hydrogens is 350 g/mol. The average molecular weight is 372 g/mol. The highest BCUT2D eigenvalue weighted by Crippen LogP contribution is 2.48. The van der Waals surface area contributed by atoms with Crippen molar-refractivity contribution in [3.63, 3.8) is 0 Å². The molecule has 0 spiro atoms. The van der Waals surface area contributed by atoms with Crippen molar-refractivity contribution in [1.82, 2.24) is 5.32 Å². The summed E-state index contributed by atoms with van der Waals surface area (Å²) in [5.41, 5.74) is 1.55. The second-order valence-electron chi connectivity index (χ2n) is 6.88. The Bertz CT molecular complexity index is 770. The summed E-state index contributed by atoms with van der Waals surface area (Å²) in [4.78, 5) is 23.9. The molecule has 1 atom stereocenters. The third kappa shape index (κ3) is 4.44. The van der Waals surface area contributed by atoms with Crippen molar-refractivity contribution >= 4 is 23.5 Å². The number of carboxylic acid groups (broad SMARTS) is 1. The quantitative estimate of drug-likeness (QED) is 0.738. The van der Waals surface area contributed by atoms with Crippen LogP contribution >= 0.6 is 11.6 Å². The number of rotatable bonds is 8. The number of hydrogen-bond acceptors (Lipinski definition) is 2. The van der Waals surface area contributed by atoms with E-state index in [0.29, 0.717) is 17.9 Å². The Morgan fingerprint density at radius 3 is 2.31 bits per heavy atom. The van der Waals surface area contributed by atoms with Gasteiger partial charge < -0.3 is 10.4 Å². The largest absolute Gasteiger partial charge is 0.481 e. The van der Waals surface area contributed by atoms with Gasteiger partial charge in [-0.25, -0.2) is 0 Å². The minimum Gasteiger partial charge on any atom is -0.481 e. The van der Waals surface area contributed by atoms with Crippen LogP contribution in [0.1, 0.15) is 36.8 Å². The van der Waals surface area contributed by atoms with Crippen molar-refractivity contribution in [1.29, 1.82) is 0 Å². The molecule has 3 rings (SSSR count). The number of amides is 1. The van der Waals surface area contributed by atoms with Crippen molar-refractivity contribution in [3.8, 4) is 0 Å². The number of hydrogen-bond donors (Lipinski definition) is 2. The predicted molar refractivity (Wildman–Crippen MR) is 101 cm³/mol. The first-order valence-electron chi connectivity index (χ1n) is 8.82. The molecule has 0 heterocycles. The maximum absolute atomic E-state index is 13.0. The van der Waals surface area contributed by atoms with E-state index >= 15 is 0 Å². The van der Waals surface area contributed by atoms with Crippen molar-refractivity contribution in [2.75, 3.05) is 0 Å². The molecule has 1 fully saturated rings. The molecular formula is C21H22ClNO3. The van der Waals surface area contributed by atoms with Crippen molar-refractivity contribution in [2.45, 2.75) is 43.6 Å². The van der Waals surface area contributed by atoms with Gasteiger partial charge in [0.05, 0.1) is 5.41 Å². The molecule has 26 heavy (non-hydrogen) atoms. The van der Waals surface area contributed by atoms with Gasteiger partial charge in [0, 0.05) is 17.5 Å². The predicted octanol–water partition coefficient (Wildman–Crippen LogP) is 3.96. The Morgan fingerprint density at radius 2 is 1.73 bits per heavy atom. The second kappa shape index (κ2) is 7.92. The SMILES string of the molecule is O=C(O)CCC(Cc1ccccc1)NC(=O)C1(c2ccc(Cl)cc2)CC1. The van der Waals surface area contributed by atoms with Crippen LogP contribution in [-0.4, -0.2) is 23.0 Å². The van der Waals surface area contributed by atoms with Gasteiger partial charge in [-0.15, -0.1) is 0 Å². The summed E-state index contributed by atoms with van der Waals surface area (Å²) < 4.78 is 0. The van der Waals surface area contributed by atoms with Gasteiger partial charge in [0.1, 0.15) is 0 Å². The van der Waals surface area contributed by atoms with Crippen LogP contribution in [0, 0.1) is 0 Å². The number of aliphatic carboxylic acids is 1. The van der Waals surface area contributed by atoms with E-state index in [9.17, 15) is 9.59 Å². The molecule has 2 aromatic rings. The summed E-state index contributed by atoms with van der Waals surface area (Å²) in [7, 11) is 0. The number of carbonyl (C=O) groups is 2. The van der Waals surface area contributed by atoms with Crippen LogP contribution in [-0.2, 0) is 21.4 Å². The first-order valence-corrected chi connectivity index (χ1v) is 9.20. The lowest BCUT2D eigenvalue weighted by Crippen LogP contribution is -2.43. The molecule has 0 radical (unpaired) electrons. The molecule has 2 aromatic carbocycles. The van der Waals surface area contributed by atoms with E-state index in [4.69, 9.17) is 16.7 Å². The van der Waals surface area contributed by atoms with E-state index < -0.39 is 11.4 Å². The van der Waals surface area contributed by atoms with Crippen LogP contribution in [0.4, 0.5) is 0 Å². The molecule has 0 aromatic heterocycles. The zero-order valence-electron chi connectivity index (χ0n) is 14.5. The number of halogens is 1. The minimum absolute atomic E-state index is 0.0221. The third-order valence-electron chi connectivity index (χ3n) is 4.95. The Morgan fingerprint density at radius 1 is 1.08 bits per heavy atom. The highest BCUT2D eigenvalue weighted by molar-refractivity contribution is 6.30. The summed E-state index contributed by atoms with van der Waals surface area (Å²) in [6.07, 6.45) is 2.67. The zero-order chi connectivity index (χ0) is 18.6. The van der Waals surface area contributed by atoms with E-state index in [1.54, 1.807) is 12.1 Å². The van der Waals surface area contributed by atoms with Gasteiger partial charge in [0.25, 0.3) is 0 Å². The Labute approximate surface area is 158 Å². The lowest BCUT2D eigenvalue weighted by Gasteiger charge is -2.23. The van der Waals surface area contributed by atoms with Crippen molar-refractivity contribution in [3.05, 3.63) is 70.7 Å². The van der Waals surface area contributed by atoms with Crippen LogP contribution in [0.5, 0.6) is 0 Å². The van der Waals surface area contributed by atoms with Crippen LogP contribution in [0.3, 0.4) is 0 Å². The van der Waals surface area contributed by atoms with E-state index in [0.717, 1.165) is 24.0 Å². The van der Waals surface area contributed by atoms with Gasteiger partial charge in [0.15, 0.2) is 0 Å². The number of carbonyl (C=O) groups excluding carboxylic acids is 1. The Kier molecular flexibility index (Phi) is 5.62. The summed E-state index contributed by atoms with van der Waals surface area (Å²) in [5, 5.41) is 12.8. The standard InChI is InChI=1S/C21H22ClNO3/c22-17-8-6-16(7-9-17)21(12-13-21)20(26)23-18(10-11-19(24)25)14-15-4-2-1-3-5-15/h1-9,18H,10-14H2,(H,23,26)(H,24,25). The van der Waals surface area contributed by atoms with Gasteiger partial charge in [-0.05, 0) is 48.9 Å². The third-order valence-corrected chi connectivity index (χ3v) is 5.20. The van der Waals surface area contributed by atoms with Crippen LogP contribution in [0.25, 0.3) is 0 Å². The van der Waals surface area contributed by atoms with E-state index in [1.165, 1.54) is 0 Å². The molecule has 1 aliphatic rings. The van der Waals surface area contributed by atoms with Crippen molar-refractivity contribution < 1.29 is 14.7 Å². The van der Waals surface area contributed by atoms with E-state index in [2.05, 4.69) is 5.32 Å². The molecule has 0 aliphatic heterocycles. The molecule has 1 unspecified atom stereocenters. The fourth-order valence-electron chi connectivity index (χ4n) is 3.29. The molecule has 0 saturated heterocycles. The molecule has 136 valence electrons. The lowest BCUT2D eigenvalue weighted by molar-refractivity contribution is -0.137. The molecule has 2 N–H and O–H groups in total. The molecule has 1 aliphatic carbocycles. The smallest absolute Gasteiger partial charge is 0.303 e. The van der Waals surface area contributed by atoms with Gasteiger partial charge in [0.2, 0.25) is 5.91 Å². The normalized spacial score (nSPS) is 15.9. The van der Waals surface area contributed by atoms with Gasteiger partial charge in [-0.2, -0.15) is 0 Å². The number of nitrogens with one attached hydrogen (secondary N) is 1. The number of carboxylic acids is 1. The maximum atomic E-state index is 13.0. The fraction of sp³-hybridized carbons (Fsp3) is 0.333. The topological polar surface area (TPSA) is 66.4 Å². The number of benzene rings is 2. The van der Waals surface area contributed by atoms with Crippen molar-refractivity contribution in [2.24, 2.45) is 0 Å². The zero-order valence-corrected chi connectivity index (χ0v) is 15.2. The first kappa shape index (κ1) is 18.5. The molecule has 4 nitrogen and oxygen atoms in total. The van der Waals surface area contributed by atoms with Gasteiger partial charge >= 0.3 is 5.97 Å². The fourth-order valence-corrected chi connectivity index (χ4v) is 3.41. The Balaban J connectivity index is 1.71. The van der Waals surface area contributed by atoms with Gasteiger partial charge in [-0.1, -0.05) is 54.1 Å². The summed E-state index contributed by atoms with van der Waals surface area (Å²) in [6, 6.07) is 17.0. The molecule has 1 saturated carbocycles. The maximum Gasteiger partial charge on any atom is 0.303 e. The molecule has 0 bridgehead atoms. The summed E-state index contributed by atoms with van der Waals surface area (Å²) >= 11 is 5.95. The molecule has 1 amide bonds. The highest BCUT2D eigenvalue weighted by atomic mass is 35.5. The Hall–Kier alpha value is -2.33. The van der Waals surface area contributed by atoms with Crippen LogP contribution < -0.4 is 5.32 Å². The second-order valence-corrected chi connectivity index (χ2v) is 7.32. The summed E-state index contributed by atoms with van der Waals surface area (Å²) in [6.45, 7) is 0. The molecule has 5 heteroatoms. The first-order chi connectivity index (χ1) is 12.5. The van der Waals surface area contributed by atoms with E-state index in [1.807, 2.05) is 42.5 Å². The van der Waals surface area contributed by atoms with Gasteiger partial charge in [-0.3, -0.25) is 9.59 Å². The lowest BCUT2D eigenvalue weighted by atomic mass is 9.93.